The van der Waals surface area contributed by atoms with Crippen molar-refractivity contribution in [2.45, 2.75) is 24.9 Å². The van der Waals surface area contributed by atoms with E-state index in [-0.39, 0.29) is 24.1 Å². The van der Waals surface area contributed by atoms with Crippen molar-refractivity contribution >= 4 is 15.7 Å². The molecule has 1 aliphatic rings. The first kappa shape index (κ1) is 15.8. The summed E-state index contributed by atoms with van der Waals surface area (Å²) in [4.78, 5) is 12.1. The lowest BCUT2D eigenvalue weighted by molar-refractivity contribution is -0.123. The molecule has 116 valence electrons. The first-order valence-corrected chi connectivity index (χ1v) is 8.88. The molecule has 0 bridgehead atoms. The number of hydrogen-bond acceptors (Lipinski definition) is 5. The van der Waals surface area contributed by atoms with Crippen molar-refractivity contribution in [1.29, 1.82) is 0 Å². The minimum atomic E-state index is -3.11. The zero-order chi connectivity index (χ0) is 15.5. The molecule has 1 aromatic rings. The topological polar surface area (TPSA) is 98.5 Å². The van der Waals surface area contributed by atoms with Crippen molar-refractivity contribution in [2.75, 3.05) is 18.6 Å². The molecule has 0 fully saturated rings. The van der Waals surface area contributed by atoms with Crippen LogP contribution in [-0.2, 0) is 14.6 Å². The Hall–Kier alpha value is -1.60. The zero-order valence-corrected chi connectivity index (χ0v) is 12.7. The summed E-state index contributed by atoms with van der Waals surface area (Å²) in [6, 6.07) is 6.55. The lowest BCUT2D eigenvalue weighted by Crippen LogP contribution is -2.44. The molecule has 1 aromatic carbocycles. The highest BCUT2D eigenvalue weighted by Gasteiger charge is 2.25. The number of hydrogen-bond donors (Lipinski definition) is 2. The first-order valence-electron chi connectivity index (χ1n) is 6.82. The van der Waals surface area contributed by atoms with Crippen molar-refractivity contribution in [2.24, 2.45) is 5.73 Å². The van der Waals surface area contributed by atoms with Crippen molar-refractivity contribution in [3.63, 3.8) is 0 Å². The number of nitrogens with two attached hydrogens (primary N) is 1. The summed E-state index contributed by atoms with van der Waals surface area (Å²) in [5.41, 5.74) is 6.68. The third-order valence-electron chi connectivity index (χ3n) is 3.41. The number of nitrogens with one attached hydrogen (secondary N) is 1. The van der Waals surface area contributed by atoms with Gasteiger partial charge in [-0.15, -0.1) is 0 Å². The highest BCUT2D eigenvalue weighted by Crippen LogP contribution is 2.31. The lowest BCUT2D eigenvalue weighted by atomic mass is 10.00. The Bertz CT molecular complexity index is 615. The van der Waals surface area contributed by atoms with Crippen LogP contribution in [-0.4, -0.2) is 39.0 Å². The largest absolute Gasteiger partial charge is 0.493 e. The van der Waals surface area contributed by atoms with Gasteiger partial charge in [-0.25, -0.2) is 8.42 Å². The molecule has 0 aromatic heterocycles. The van der Waals surface area contributed by atoms with Crippen LogP contribution in [0.4, 0.5) is 0 Å². The van der Waals surface area contributed by atoms with Gasteiger partial charge in [0.25, 0.3) is 0 Å². The van der Waals surface area contributed by atoms with Gasteiger partial charge in [0.05, 0.1) is 24.4 Å². The smallest absolute Gasteiger partial charge is 0.237 e. The normalized spacial score (nSPS) is 19.2. The Balaban J connectivity index is 1.97. The summed E-state index contributed by atoms with van der Waals surface area (Å²) in [5, 5.41) is 2.87. The third-order valence-corrected chi connectivity index (χ3v) is 4.39. The van der Waals surface area contributed by atoms with Gasteiger partial charge in [-0.2, -0.15) is 0 Å². The SMILES string of the molecule is CS(=O)(=O)CCC(N)C(=O)NC1CCOc2ccccc21. The summed E-state index contributed by atoms with van der Waals surface area (Å²) < 4.78 is 27.7. The molecule has 0 saturated heterocycles. The molecular weight excluding hydrogens is 292 g/mol. The zero-order valence-electron chi connectivity index (χ0n) is 11.9. The van der Waals surface area contributed by atoms with Gasteiger partial charge in [-0.3, -0.25) is 4.79 Å². The number of para-hydroxylation sites is 1. The maximum absolute atomic E-state index is 12.1. The van der Waals surface area contributed by atoms with E-state index in [9.17, 15) is 13.2 Å². The van der Waals surface area contributed by atoms with Gasteiger partial charge in [0.2, 0.25) is 5.91 Å². The summed E-state index contributed by atoms with van der Waals surface area (Å²) in [6.07, 6.45) is 1.92. The van der Waals surface area contributed by atoms with Crippen LogP contribution in [0.2, 0.25) is 0 Å². The molecule has 2 unspecified atom stereocenters. The Morgan fingerprint density at radius 1 is 1.48 bits per heavy atom. The average Bonchev–Trinajstić information content (AvgIpc) is 2.44. The maximum Gasteiger partial charge on any atom is 0.237 e. The number of benzene rings is 1. The molecule has 7 heteroatoms. The monoisotopic (exact) mass is 312 g/mol. The van der Waals surface area contributed by atoms with Crippen LogP contribution in [0.15, 0.2) is 24.3 Å². The number of sulfone groups is 1. The quantitative estimate of drug-likeness (QED) is 0.819. The molecule has 0 aliphatic carbocycles. The van der Waals surface area contributed by atoms with Gasteiger partial charge in [0.1, 0.15) is 15.6 Å². The number of fused-ring (bicyclic) bond motifs is 1. The van der Waals surface area contributed by atoms with Crippen molar-refractivity contribution < 1.29 is 17.9 Å². The molecular formula is C14H20N2O4S. The molecule has 1 amide bonds. The van der Waals surface area contributed by atoms with Crippen molar-refractivity contribution in [1.82, 2.24) is 5.32 Å². The number of carbonyl (C=O) groups excluding carboxylic acids is 1. The molecule has 3 N–H and O–H groups in total. The number of ether oxygens (including phenoxy) is 1. The summed E-state index contributed by atoms with van der Waals surface area (Å²) in [7, 11) is -3.11. The summed E-state index contributed by atoms with van der Waals surface area (Å²) >= 11 is 0. The van der Waals surface area contributed by atoms with E-state index in [1.807, 2.05) is 24.3 Å². The van der Waals surface area contributed by atoms with E-state index in [1.165, 1.54) is 0 Å². The molecule has 0 spiro atoms. The minimum Gasteiger partial charge on any atom is -0.493 e. The van der Waals surface area contributed by atoms with Crippen molar-refractivity contribution in [3.05, 3.63) is 29.8 Å². The van der Waals surface area contributed by atoms with Gasteiger partial charge in [-0.1, -0.05) is 18.2 Å². The second-order valence-corrected chi connectivity index (χ2v) is 7.52. The van der Waals surface area contributed by atoms with E-state index in [4.69, 9.17) is 10.5 Å². The fraction of sp³-hybridized carbons (Fsp3) is 0.500. The molecule has 0 saturated carbocycles. The van der Waals surface area contributed by atoms with Crippen LogP contribution in [0.5, 0.6) is 5.75 Å². The molecule has 2 atom stereocenters. The molecule has 21 heavy (non-hydrogen) atoms. The third kappa shape index (κ3) is 4.44. The molecule has 1 aliphatic heterocycles. The minimum absolute atomic E-state index is 0.0913. The Labute approximate surface area is 124 Å². The highest BCUT2D eigenvalue weighted by molar-refractivity contribution is 7.90. The van der Waals surface area contributed by atoms with E-state index in [1.54, 1.807) is 0 Å². The van der Waals surface area contributed by atoms with E-state index in [0.717, 1.165) is 17.6 Å². The first-order chi connectivity index (χ1) is 9.87. The van der Waals surface area contributed by atoms with Crippen LogP contribution < -0.4 is 15.8 Å². The molecule has 0 radical (unpaired) electrons. The number of amides is 1. The van der Waals surface area contributed by atoms with Crippen LogP contribution in [0.1, 0.15) is 24.4 Å². The number of carbonyl (C=O) groups is 1. The van der Waals surface area contributed by atoms with Crippen LogP contribution in [0.3, 0.4) is 0 Å². The van der Waals surface area contributed by atoms with Gasteiger partial charge < -0.3 is 15.8 Å². The standard InChI is InChI=1S/C14H20N2O4S/c1-21(18,19)9-7-11(15)14(17)16-12-6-8-20-13-5-3-2-4-10(12)13/h2-5,11-12H,6-9,15H2,1H3,(H,16,17). The average molecular weight is 312 g/mol. The van der Waals surface area contributed by atoms with E-state index < -0.39 is 15.9 Å². The van der Waals surface area contributed by atoms with Gasteiger partial charge in [0, 0.05) is 18.2 Å². The lowest BCUT2D eigenvalue weighted by Gasteiger charge is -2.27. The highest BCUT2D eigenvalue weighted by atomic mass is 32.2. The van der Waals surface area contributed by atoms with Gasteiger partial charge in [0.15, 0.2) is 0 Å². The van der Waals surface area contributed by atoms with Crippen LogP contribution >= 0.6 is 0 Å². The fourth-order valence-corrected chi connectivity index (χ4v) is 2.92. The molecule has 2 rings (SSSR count). The second kappa shape index (κ2) is 6.44. The predicted octanol–water partition coefficient (Wildman–Crippen LogP) is 0.388. The van der Waals surface area contributed by atoms with E-state index >= 15 is 0 Å². The molecule has 1 heterocycles. The Morgan fingerprint density at radius 3 is 2.90 bits per heavy atom. The summed E-state index contributed by atoms with van der Waals surface area (Å²) in [5.74, 6) is 0.338. The van der Waals surface area contributed by atoms with Gasteiger partial charge >= 0.3 is 0 Å². The second-order valence-electron chi connectivity index (χ2n) is 5.26. The predicted molar refractivity (Wildman–Crippen MR) is 79.7 cm³/mol. The van der Waals surface area contributed by atoms with Crippen LogP contribution in [0.25, 0.3) is 0 Å². The Morgan fingerprint density at radius 2 is 2.19 bits per heavy atom. The van der Waals surface area contributed by atoms with Crippen LogP contribution in [0, 0.1) is 0 Å². The van der Waals surface area contributed by atoms with Crippen molar-refractivity contribution in [3.8, 4) is 5.75 Å². The number of rotatable bonds is 5. The summed E-state index contributed by atoms with van der Waals surface area (Å²) in [6.45, 7) is 0.528. The van der Waals surface area contributed by atoms with Gasteiger partial charge in [-0.05, 0) is 12.5 Å². The van der Waals surface area contributed by atoms with E-state index in [0.29, 0.717) is 13.0 Å². The maximum atomic E-state index is 12.1. The molecule has 6 nitrogen and oxygen atoms in total. The Kier molecular flexibility index (Phi) is 4.84. The van der Waals surface area contributed by atoms with E-state index in [2.05, 4.69) is 5.32 Å². The fourth-order valence-electron chi connectivity index (χ4n) is 2.24.